The van der Waals surface area contributed by atoms with Crippen LogP contribution < -0.4 is 5.32 Å². The molecule has 2 aromatic carbocycles. The number of esters is 1. The van der Waals surface area contributed by atoms with Crippen LogP contribution in [-0.4, -0.2) is 30.0 Å². The van der Waals surface area contributed by atoms with Gasteiger partial charge in [-0.3, -0.25) is 14.9 Å². The van der Waals surface area contributed by atoms with E-state index in [4.69, 9.17) is 27.9 Å². The Bertz CT molecular complexity index is 824. The maximum atomic E-state index is 11.9. The van der Waals surface area contributed by atoms with E-state index in [0.29, 0.717) is 18.0 Å². The fourth-order valence-electron chi connectivity index (χ4n) is 2.04. The van der Waals surface area contributed by atoms with E-state index < -0.39 is 29.1 Å². The topological polar surface area (TPSA) is 98.5 Å². The standard InChI is InChI=1S/C17H14Cl2N2O5/c18-13-4-1-11(2-5-13)7-8-20-16(22)10-26-17(23)12-3-6-14(19)15(9-12)21(24)25/h1-6,9H,7-8,10H2,(H,20,22). The van der Waals surface area contributed by atoms with E-state index in [9.17, 15) is 19.7 Å². The number of hydrogen-bond acceptors (Lipinski definition) is 5. The second kappa shape index (κ2) is 9.17. The van der Waals surface area contributed by atoms with Crippen molar-refractivity contribution in [2.45, 2.75) is 6.42 Å². The van der Waals surface area contributed by atoms with Gasteiger partial charge in [-0.2, -0.15) is 0 Å². The van der Waals surface area contributed by atoms with Crippen molar-refractivity contribution in [2.75, 3.05) is 13.2 Å². The third kappa shape index (κ3) is 5.72. The minimum atomic E-state index is -0.849. The van der Waals surface area contributed by atoms with Crippen LogP contribution in [0.25, 0.3) is 0 Å². The van der Waals surface area contributed by atoms with Gasteiger partial charge in [0.1, 0.15) is 5.02 Å². The van der Waals surface area contributed by atoms with Crippen LogP contribution in [0.4, 0.5) is 5.69 Å². The van der Waals surface area contributed by atoms with Crippen LogP contribution >= 0.6 is 23.2 Å². The van der Waals surface area contributed by atoms with Gasteiger partial charge in [-0.05, 0) is 36.2 Å². The van der Waals surface area contributed by atoms with Crippen molar-refractivity contribution in [1.29, 1.82) is 0 Å². The Kier molecular flexibility index (Phi) is 6.94. The molecule has 0 aliphatic heterocycles. The first-order chi connectivity index (χ1) is 12.4. The van der Waals surface area contributed by atoms with Gasteiger partial charge in [-0.25, -0.2) is 4.79 Å². The van der Waals surface area contributed by atoms with Crippen LogP contribution in [-0.2, 0) is 16.0 Å². The summed E-state index contributed by atoms with van der Waals surface area (Å²) < 4.78 is 4.85. The van der Waals surface area contributed by atoms with Crippen molar-refractivity contribution in [3.05, 3.63) is 73.8 Å². The lowest BCUT2D eigenvalue weighted by Gasteiger charge is -2.07. The van der Waals surface area contributed by atoms with E-state index in [-0.39, 0.29) is 10.6 Å². The molecule has 0 saturated heterocycles. The molecule has 0 radical (unpaired) electrons. The number of halogens is 2. The zero-order valence-corrected chi connectivity index (χ0v) is 14.9. The fourth-order valence-corrected chi connectivity index (χ4v) is 2.35. The summed E-state index contributed by atoms with van der Waals surface area (Å²) in [5.41, 5.74) is 0.531. The number of nitro groups is 1. The molecule has 26 heavy (non-hydrogen) atoms. The Morgan fingerprint density at radius 2 is 1.81 bits per heavy atom. The quantitative estimate of drug-likeness (QED) is 0.439. The number of rotatable bonds is 7. The number of carbonyl (C=O) groups excluding carboxylic acids is 2. The summed E-state index contributed by atoms with van der Waals surface area (Å²) in [5, 5.41) is 14.0. The van der Waals surface area contributed by atoms with Gasteiger partial charge in [-0.15, -0.1) is 0 Å². The van der Waals surface area contributed by atoms with Crippen molar-refractivity contribution in [2.24, 2.45) is 0 Å². The van der Waals surface area contributed by atoms with E-state index in [1.807, 2.05) is 12.1 Å². The van der Waals surface area contributed by atoms with Gasteiger partial charge >= 0.3 is 5.97 Å². The monoisotopic (exact) mass is 396 g/mol. The molecule has 0 aromatic heterocycles. The van der Waals surface area contributed by atoms with Crippen molar-refractivity contribution >= 4 is 40.8 Å². The average molecular weight is 397 g/mol. The zero-order chi connectivity index (χ0) is 19.1. The molecule has 0 heterocycles. The molecule has 0 unspecified atom stereocenters. The molecule has 0 atom stereocenters. The third-order valence-corrected chi connectivity index (χ3v) is 3.93. The maximum Gasteiger partial charge on any atom is 0.338 e. The summed E-state index contributed by atoms with van der Waals surface area (Å²) in [7, 11) is 0. The van der Waals surface area contributed by atoms with Crippen LogP contribution in [0.15, 0.2) is 42.5 Å². The predicted molar refractivity (Wildman–Crippen MR) is 96.6 cm³/mol. The van der Waals surface area contributed by atoms with E-state index in [1.54, 1.807) is 12.1 Å². The average Bonchev–Trinajstić information content (AvgIpc) is 2.61. The molecule has 0 saturated carbocycles. The molecule has 2 rings (SSSR count). The molecule has 136 valence electrons. The van der Waals surface area contributed by atoms with Crippen molar-refractivity contribution < 1.29 is 19.2 Å². The number of hydrogen-bond donors (Lipinski definition) is 1. The van der Waals surface area contributed by atoms with Crippen LogP contribution in [0.1, 0.15) is 15.9 Å². The number of ether oxygens (including phenoxy) is 1. The van der Waals surface area contributed by atoms with Gasteiger partial charge in [0.2, 0.25) is 0 Å². The largest absolute Gasteiger partial charge is 0.452 e. The molecular weight excluding hydrogens is 383 g/mol. The smallest absolute Gasteiger partial charge is 0.338 e. The summed E-state index contributed by atoms with van der Waals surface area (Å²) >= 11 is 11.5. The molecule has 2 aromatic rings. The molecular formula is C17H14Cl2N2O5. The summed E-state index contributed by atoms with van der Waals surface area (Å²) in [4.78, 5) is 33.7. The Hall–Kier alpha value is -2.64. The molecule has 0 aliphatic rings. The Morgan fingerprint density at radius 1 is 1.12 bits per heavy atom. The number of benzene rings is 2. The Labute approximate surface area is 159 Å². The van der Waals surface area contributed by atoms with E-state index in [0.717, 1.165) is 11.6 Å². The molecule has 1 amide bonds. The van der Waals surface area contributed by atoms with Gasteiger partial charge in [-0.1, -0.05) is 35.3 Å². The van der Waals surface area contributed by atoms with Gasteiger partial charge in [0.15, 0.2) is 6.61 Å². The maximum absolute atomic E-state index is 11.9. The molecule has 0 bridgehead atoms. The minimum Gasteiger partial charge on any atom is -0.452 e. The molecule has 0 fully saturated rings. The fraction of sp³-hybridized carbons (Fsp3) is 0.176. The second-order valence-electron chi connectivity index (χ2n) is 5.23. The zero-order valence-electron chi connectivity index (χ0n) is 13.4. The third-order valence-electron chi connectivity index (χ3n) is 3.36. The molecule has 7 nitrogen and oxygen atoms in total. The first-order valence-corrected chi connectivity index (χ1v) is 8.24. The second-order valence-corrected chi connectivity index (χ2v) is 6.07. The lowest BCUT2D eigenvalue weighted by Crippen LogP contribution is -2.30. The highest BCUT2D eigenvalue weighted by Gasteiger charge is 2.17. The number of amides is 1. The number of nitrogens with zero attached hydrogens (tertiary/aromatic N) is 1. The SMILES string of the molecule is O=C(COC(=O)c1ccc(Cl)c([N+](=O)[O-])c1)NCCc1ccc(Cl)cc1. The van der Waals surface area contributed by atoms with Crippen molar-refractivity contribution in [3.8, 4) is 0 Å². The van der Waals surface area contributed by atoms with Gasteiger partial charge in [0.05, 0.1) is 10.5 Å². The molecule has 0 aliphatic carbocycles. The predicted octanol–water partition coefficient (Wildman–Crippen LogP) is 3.42. The minimum absolute atomic E-state index is 0.0601. The first kappa shape index (κ1) is 19.7. The van der Waals surface area contributed by atoms with Gasteiger partial charge in [0, 0.05) is 17.6 Å². The van der Waals surface area contributed by atoms with Gasteiger partial charge in [0.25, 0.3) is 11.6 Å². The van der Waals surface area contributed by atoms with E-state index in [2.05, 4.69) is 5.32 Å². The highest BCUT2D eigenvalue weighted by molar-refractivity contribution is 6.32. The Balaban J connectivity index is 1.79. The lowest BCUT2D eigenvalue weighted by molar-refractivity contribution is -0.384. The summed E-state index contributed by atoms with van der Waals surface area (Å²) in [5.74, 6) is -1.33. The first-order valence-electron chi connectivity index (χ1n) is 7.49. The van der Waals surface area contributed by atoms with Crippen LogP contribution in [0.5, 0.6) is 0 Å². The molecule has 1 N–H and O–H groups in total. The van der Waals surface area contributed by atoms with Crippen molar-refractivity contribution in [1.82, 2.24) is 5.32 Å². The summed E-state index contributed by atoms with van der Waals surface area (Å²) in [6, 6.07) is 10.7. The molecule has 0 spiro atoms. The highest BCUT2D eigenvalue weighted by atomic mass is 35.5. The van der Waals surface area contributed by atoms with Crippen molar-refractivity contribution in [3.63, 3.8) is 0 Å². The lowest BCUT2D eigenvalue weighted by atomic mass is 10.1. The van der Waals surface area contributed by atoms with Crippen LogP contribution in [0, 0.1) is 10.1 Å². The molecule has 9 heteroatoms. The normalized spacial score (nSPS) is 10.2. The van der Waals surface area contributed by atoms with E-state index >= 15 is 0 Å². The number of carbonyl (C=O) groups is 2. The summed E-state index contributed by atoms with van der Waals surface area (Å²) in [6.07, 6.45) is 0.597. The van der Waals surface area contributed by atoms with E-state index in [1.165, 1.54) is 12.1 Å². The van der Waals surface area contributed by atoms with Gasteiger partial charge < -0.3 is 10.1 Å². The summed E-state index contributed by atoms with van der Waals surface area (Å²) in [6.45, 7) is -0.125. The number of nitrogens with one attached hydrogen (secondary N) is 1. The highest BCUT2D eigenvalue weighted by Crippen LogP contribution is 2.25. The van der Waals surface area contributed by atoms with Crippen LogP contribution in [0.3, 0.4) is 0 Å². The number of nitro benzene ring substituents is 1. The van der Waals surface area contributed by atoms with Crippen LogP contribution in [0.2, 0.25) is 10.0 Å². The Morgan fingerprint density at radius 3 is 2.46 bits per heavy atom.